The average molecular weight is 394 g/mol. The number of urea groups is 1. The summed E-state index contributed by atoms with van der Waals surface area (Å²) in [5.74, 6) is 0.432. The van der Waals surface area contributed by atoms with Crippen molar-refractivity contribution in [3.05, 3.63) is 29.8 Å². The standard InChI is InChI=1S/C18H26N4O4S/c23-18(20-16-3-1-14(2-4-16)15-5-10-26-13-15)21-11-17(12-21)27(24,25)22-8-6-19-7-9-22/h1-4,15,17,19H,5-13H2,(H,20,23). The SMILES string of the molecule is O=C(Nc1ccc(C2CCOC2)cc1)N1CC(S(=O)(=O)N2CCNCC2)C1. The summed E-state index contributed by atoms with van der Waals surface area (Å²) in [6.07, 6.45) is 1.03. The molecule has 3 aliphatic rings. The van der Waals surface area contributed by atoms with Crippen molar-refractivity contribution in [2.75, 3.05) is 57.8 Å². The number of nitrogens with one attached hydrogen (secondary N) is 2. The molecule has 4 rings (SSSR count). The predicted molar refractivity (Wildman–Crippen MR) is 102 cm³/mol. The average Bonchev–Trinajstić information content (AvgIpc) is 3.16. The molecule has 2 N–H and O–H groups in total. The van der Waals surface area contributed by atoms with Gasteiger partial charge in [-0.15, -0.1) is 0 Å². The maximum Gasteiger partial charge on any atom is 0.321 e. The Morgan fingerprint density at radius 1 is 1.15 bits per heavy atom. The monoisotopic (exact) mass is 394 g/mol. The van der Waals surface area contributed by atoms with E-state index in [1.807, 2.05) is 24.3 Å². The number of piperazine rings is 1. The second-order valence-corrected chi connectivity index (χ2v) is 9.55. The van der Waals surface area contributed by atoms with Gasteiger partial charge in [0, 0.05) is 57.5 Å². The molecular formula is C18H26N4O4S. The molecule has 1 aromatic carbocycles. The van der Waals surface area contributed by atoms with Gasteiger partial charge in [-0.1, -0.05) is 12.1 Å². The number of ether oxygens (including phenoxy) is 1. The third-order valence-electron chi connectivity index (χ3n) is 5.56. The van der Waals surface area contributed by atoms with Crippen LogP contribution in [0.2, 0.25) is 0 Å². The molecule has 8 nitrogen and oxygen atoms in total. The van der Waals surface area contributed by atoms with E-state index in [9.17, 15) is 13.2 Å². The minimum atomic E-state index is -3.32. The summed E-state index contributed by atoms with van der Waals surface area (Å²) in [5, 5.41) is 5.51. The Labute approximate surface area is 159 Å². The maximum absolute atomic E-state index is 12.6. The third kappa shape index (κ3) is 3.96. The molecule has 1 unspecified atom stereocenters. The number of carbonyl (C=O) groups excluding carboxylic acids is 1. The van der Waals surface area contributed by atoms with E-state index in [1.165, 1.54) is 9.87 Å². The molecule has 0 aromatic heterocycles. The van der Waals surface area contributed by atoms with Gasteiger partial charge in [0.15, 0.2) is 0 Å². The highest BCUT2D eigenvalue weighted by atomic mass is 32.2. The molecule has 0 radical (unpaired) electrons. The van der Waals surface area contributed by atoms with E-state index in [-0.39, 0.29) is 19.1 Å². The van der Waals surface area contributed by atoms with Crippen LogP contribution < -0.4 is 10.6 Å². The molecular weight excluding hydrogens is 368 g/mol. The normalized spacial score (nSPS) is 24.6. The highest BCUT2D eigenvalue weighted by Gasteiger charge is 2.43. The zero-order valence-corrected chi connectivity index (χ0v) is 16.1. The van der Waals surface area contributed by atoms with Crippen molar-refractivity contribution >= 4 is 21.7 Å². The van der Waals surface area contributed by atoms with Gasteiger partial charge in [-0.3, -0.25) is 0 Å². The van der Waals surface area contributed by atoms with Gasteiger partial charge in [0.05, 0.1) is 6.61 Å². The predicted octanol–water partition coefficient (Wildman–Crippen LogP) is 0.642. The van der Waals surface area contributed by atoms with E-state index in [4.69, 9.17) is 4.74 Å². The molecule has 148 valence electrons. The lowest BCUT2D eigenvalue weighted by atomic mass is 9.98. The fourth-order valence-electron chi connectivity index (χ4n) is 3.74. The van der Waals surface area contributed by atoms with Gasteiger partial charge < -0.3 is 20.3 Å². The van der Waals surface area contributed by atoms with E-state index in [0.717, 1.165) is 25.3 Å². The molecule has 0 spiro atoms. The van der Waals surface area contributed by atoms with Gasteiger partial charge in [0.2, 0.25) is 10.0 Å². The molecule has 0 aliphatic carbocycles. The molecule has 9 heteroatoms. The van der Waals surface area contributed by atoms with Crippen LogP contribution in [0.1, 0.15) is 17.9 Å². The molecule has 3 fully saturated rings. The molecule has 1 aromatic rings. The second kappa shape index (κ2) is 7.75. The van der Waals surface area contributed by atoms with Crippen LogP contribution in [-0.2, 0) is 14.8 Å². The Bertz CT molecular complexity index is 765. The first-order chi connectivity index (χ1) is 13.0. The first-order valence-electron chi connectivity index (χ1n) is 9.47. The molecule has 3 saturated heterocycles. The minimum Gasteiger partial charge on any atom is -0.381 e. The number of sulfonamides is 1. The van der Waals surface area contributed by atoms with Gasteiger partial charge in [0.1, 0.15) is 5.25 Å². The zero-order chi connectivity index (χ0) is 18.9. The lowest BCUT2D eigenvalue weighted by Crippen LogP contribution is -2.62. The molecule has 27 heavy (non-hydrogen) atoms. The molecule has 0 bridgehead atoms. The van der Waals surface area contributed by atoms with Crippen LogP contribution in [0.5, 0.6) is 0 Å². The largest absolute Gasteiger partial charge is 0.381 e. The van der Waals surface area contributed by atoms with Gasteiger partial charge in [0.25, 0.3) is 0 Å². The van der Waals surface area contributed by atoms with Gasteiger partial charge in [-0.05, 0) is 24.1 Å². The Hall–Kier alpha value is -1.68. The summed E-state index contributed by atoms with van der Waals surface area (Å²) in [6, 6.07) is 7.56. The van der Waals surface area contributed by atoms with Gasteiger partial charge in [-0.2, -0.15) is 4.31 Å². The minimum absolute atomic E-state index is 0.246. The number of rotatable bonds is 4. The number of amides is 2. The third-order valence-corrected chi connectivity index (χ3v) is 7.78. The summed E-state index contributed by atoms with van der Waals surface area (Å²) in [6.45, 7) is 4.41. The number of hydrogen-bond acceptors (Lipinski definition) is 5. The summed E-state index contributed by atoms with van der Waals surface area (Å²) in [4.78, 5) is 13.9. The molecule has 0 saturated carbocycles. The number of nitrogens with zero attached hydrogens (tertiary/aromatic N) is 2. The maximum atomic E-state index is 12.6. The quantitative estimate of drug-likeness (QED) is 0.782. The Morgan fingerprint density at radius 3 is 2.48 bits per heavy atom. The fourth-order valence-corrected chi connectivity index (χ4v) is 5.59. The van der Waals surface area contributed by atoms with Gasteiger partial charge >= 0.3 is 6.03 Å². The van der Waals surface area contributed by atoms with Crippen molar-refractivity contribution in [2.24, 2.45) is 0 Å². The molecule has 3 aliphatic heterocycles. The van der Waals surface area contributed by atoms with Crippen molar-refractivity contribution in [3.8, 4) is 0 Å². The second-order valence-electron chi connectivity index (χ2n) is 7.33. The van der Waals surface area contributed by atoms with Crippen LogP contribution in [0, 0.1) is 0 Å². The molecule has 3 heterocycles. The summed E-state index contributed by atoms with van der Waals surface area (Å²) in [7, 11) is -3.32. The van der Waals surface area contributed by atoms with Crippen molar-refractivity contribution in [2.45, 2.75) is 17.6 Å². The van der Waals surface area contributed by atoms with E-state index in [1.54, 1.807) is 4.90 Å². The number of benzene rings is 1. The zero-order valence-electron chi connectivity index (χ0n) is 15.3. The summed E-state index contributed by atoms with van der Waals surface area (Å²) < 4.78 is 32.1. The van der Waals surface area contributed by atoms with Crippen LogP contribution in [0.3, 0.4) is 0 Å². The Morgan fingerprint density at radius 2 is 1.85 bits per heavy atom. The van der Waals surface area contributed by atoms with E-state index in [0.29, 0.717) is 32.1 Å². The number of anilines is 1. The summed E-state index contributed by atoms with van der Waals surface area (Å²) >= 11 is 0. The van der Waals surface area contributed by atoms with Crippen LogP contribution in [0.4, 0.5) is 10.5 Å². The Balaban J connectivity index is 1.29. The van der Waals surface area contributed by atoms with Crippen molar-refractivity contribution in [1.29, 1.82) is 0 Å². The first-order valence-corrected chi connectivity index (χ1v) is 11.0. The molecule has 1 atom stereocenters. The lowest BCUT2D eigenvalue weighted by Gasteiger charge is -2.41. The molecule has 2 amide bonds. The van der Waals surface area contributed by atoms with Crippen LogP contribution in [-0.4, -0.2) is 81.4 Å². The topological polar surface area (TPSA) is 91.0 Å². The van der Waals surface area contributed by atoms with E-state index >= 15 is 0 Å². The highest BCUT2D eigenvalue weighted by Crippen LogP contribution is 2.26. The van der Waals surface area contributed by atoms with Crippen LogP contribution >= 0.6 is 0 Å². The van der Waals surface area contributed by atoms with Crippen molar-refractivity contribution in [3.63, 3.8) is 0 Å². The van der Waals surface area contributed by atoms with Gasteiger partial charge in [-0.25, -0.2) is 13.2 Å². The number of hydrogen-bond donors (Lipinski definition) is 2. The number of carbonyl (C=O) groups is 1. The number of likely N-dealkylation sites (tertiary alicyclic amines) is 1. The van der Waals surface area contributed by atoms with E-state index in [2.05, 4.69) is 10.6 Å². The van der Waals surface area contributed by atoms with Crippen molar-refractivity contribution in [1.82, 2.24) is 14.5 Å². The fraction of sp³-hybridized carbons (Fsp3) is 0.611. The van der Waals surface area contributed by atoms with Crippen LogP contribution in [0.25, 0.3) is 0 Å². The smallest absolute Gasteiger partial charge is 0.321 e. The lowest BCUT2D eigenvalue weighted by molar-refractivity contribution is 0.180. The van der Waals surface area contributed by atoms with Crippen LogP contribution in [0.15, 0.2) is 24.3 Å². The first kappa shape index (κ1) is 18.7. The summed E-state index contributed by atoms with van der Waals surface area (Å²) in [5.41, 5.74) is 1.94. The van der Waals surface area contributed by atoms with Crippen molar-refractivity contribution < 1.29 is 17.9 Å². The van der Waals surface area contributed by atoms with E-state index < -0.39 is 15.3 Å². The Kier molecular flexibility index (Phi) is 5.36. The highest BCUT2D eigenvalue weighted by molar-refractivity contribution is 7.89.